The maximum atomic E-state index is 13.0. The molecule has 0 aliphatic heterocycles. The highest BCUT2D eigenvalue weighted by atomic mass is 31.2. The summed E-state index contributed by atoms with van der Waals surface area (Å²) in [5.74, 6) is -0.144. The first-order valence-electron chi connectivity index (χ1n) is 27.5. The Morgan fingerprint density at radius 2 is 0.923 bits per heavy atom. The number of quaternary nitrogens is 1. The summed E-state index contributed by atoms with van der Waals surface area (Å²) < 4.78 is 23.7. The van der Waals surface area contributed by atoms with Crippen molar-refractivity contribution in [3.05, 3.63) is 48.6 Å². The van der Waals surface area contributed by atoms with Crippen molar-refractivity contribution in [1.82, 2.24) is 5.32 Å². The largest absolute Gasteiger partial charge is 0.472 e. The number of carbonyl (C=O) groups excluding carboxylic acids is 1. The van der Waals surface area contributed by atoms with Gasteiger partial charge in [-0.05, 0) is 51.4 Å². The molecule has 0 aliphatic rings. The smallest absolute Gasteiger partial charge is 0.391 e. The van der Waals surface area contributed by atoms with Gasteiger partial charge in [0.05, 0.1) is 39.9 Å². The van der Waals surface area contributed by atoms with Gasteiger partial charge in [-0.3, -0.25) is 13.8 Å². The minimum Gasteiger partial charge on any atom is -0.391 e. The highest BCUT2D eigenvalue weighted by Crippen LogP contribution is 2.43. The summed E-state index contributed by atoms with van der Waals surface area (Å²) in [6.07, 6.45) is 61.5. The van der Waals surface area contributed by atoms with Gasteiger partial charge >= 0.3 is 7.82 Å². The molecule has 8 nitrogen and oxygen atoms in total. The van der Waals surface area contributed by atoms with Crippen molar-refractivity contribution in [2.45, 2.75) is 264 Å². The number of hydrogen-bond acceptors (Lipinski definition) is 5. The van der Waals surface area contributed by atoms with Crippen LogP contribution in [0.3, 0.4) is 0 Å². The number of phosphoric acid groups is 1. The number of amides is 1. The van der Waals surface area contributed by atoms with E-state index in [0.29, 0.717) is 23.9 Å². The zero-order valence-corrected chi connectivity index (χ0v) is 44.4. The van der Waals surface area contributed by atoms with Crippen molar-refractivity contribution in [3.63, 3.8) is 0 Å². The lowest BCUT2D eigenvalue weighted by Gasteiger charge is -2.26. The molecule has 1 amide bonds. The number of aliphatic hydroxyl groups excluding tert-OH is 1. The quantitative estimate of drug-likeness (QED) is 0.0243. The zero-order valence-electron chi connectivity index (χ0n) is 43.5. The molecule has 0 rings (SSSR count). The van der Waals surface area contributed by atoms with E-state index in [1.807, 2.05) is 21.1 Å². The number of nitrogens with one attached hydrogen (secondary N) is 1. The molecular weight excluding hydrogens is 828 g/mol. The molecule has 0 saturated heterocycles. The number of rotatable bonds is 50. The van der Waals surface area contributed by atoms with Crippen LogP contribution >= 0.6 is 7.82 Å². The van der Waals surface area contributed by atoms with E-state index in [9.17, 15) is 19.4 Å². The molecule has 65 heavy (non-hydrogen) atoms. The number of allylic oxidation sites excluding steroid dienone is 8. The van der Waals surface area contributed by atoms with E-state index in [1.165, 1.54) is 161 Å². The van der Waals surface area contributed by atoms with Gasteiger partial charge in [0, 0.05) is 6.42 Å². The summed E-state index contributed by atoms with van der Waals surface area (Å²) in [4.78, 5) is 23.3. The molecule has 0 aromatic carbocycles. The SMILES string of the molecule is CC/C=C\C/C=C\C/C=C\C/C=C\CCCCCCCCCCCCCCCCC(=O)NC(COP(=O)(O)OCC[N+](C)(C)C)C(O)CCCCCCCCCCCCCCCCCC. The summed E-state index contributed by atoms with van der Waals surface area (Å²) >= 11 is 0. The average molecular weight is 936 g/mol. The lowest BCUT2D eigenvalue weighted by Crippen LogP contribution is -2.46. The molecule has 0 fully saturated rings. The molecule has 3 unspecified atom stereocenters. The van der Waals surface area contributed by atoms with E-state index in [4.69, 9.17) is 9.05 Å². The van der Waals surface area contributed by atoms with Crippen LogP contribution in [-0.4, -0.2) is 73.4 Å². The van der Waals surface area contributed by atoms with Crippen LogP contribution in [-0.2, 0) is 18.4 Å². The Balaban J connectivity index is 4.14. The van der Waals surface area contributed by atoms with Crippen LogP contribution in [0.5, 0.6) is 0 Å². The van der Waals surface area contributed by atoms with E-state index in [0.717, 1.165) is 64.2 Å². The maximum Gasteiger partial charge on any atom is 0.472 e. The number of carbonyl (C=O) groups is 1. The summed E-state index contributed by atoms with van der Waals surface area (Å²) in [5, 5.41) is 14.0. The van der Waals surface area contributed by atoms with Crippen molar-refractivity contribution in [1.29, 1.82) is 0 Å². The molecule has 0 aliphatic carbocycles. The first-order valence-corrected chi connectivity index (χ1v) is 29.0. The third kappa shape index (κ3) is 50.2. The molecular formula is C56H108N2O6P+. The fraction of sp³-hybridized carbons (Fsp3) is 0.839. The lowest BCUT2D eigenvalue weighted by atomic mass is 10.0. The molecule has 0 spiro atoms. The minimum absolute atomic E-state index is 0.0744. The van der Waals surface area contributed by atoms with Gasteiger partial charge in [0.25, 0.3) is 0 Å². The molecule has 0 radical (unpaired) electrons. The van der Waals surface area contributed by atoms with Gasteiger partial charge in [-0.2, -0.15) is 0 Å². The molecule has 0 heterocycles. The zero-order chi connectivity index (χ0) is 47.8. The second-order valence-electron chi connectivity index (χ2n) is 19.9. The topological polar surface area (TPSA) is 105 Å². The minimum atomic E-state index is -4.32. The third-order valence-electron chi connectivity index (χ3n) is 12.3. The molecule has 3 atom stereocenters. The molecule has 0 bridgehead atoms. The second-order valence-corrected chi connectivity index (χ2v) is 21.4. The molecule has 0 aromatic rings. The van der Waals surface area contributed by atoms with E-state index in [-0.39, 0.29) is 19.1 Å². The Morgan fingerprint density at radius 1 is 0.538 bits per heavy atom. The second kappa shape index (κ2) is 47.5. The first kappa shape index (κ1) is 63.5. The molecule has 0 saturated carbocycles. The van der Waals surface area contributed by atoms with Crippen molar-refractivity contribution >= 4 is 13.7 Å². The molecule has 382 valence electrons. The van der Waals surface area contributed by atoms with Crippen molar-refractivity contribution in [2.24, 2.45) is 0 Å². The van der Waals surface area contributed by atoms with Crippen LogP contribution in [0, 0.1) is 0 Å². The van der Waals surface area contributed by atoms with E-state index < -0.39 is 20.0 Å². The Hall–Kier alpha value is -1.54. The number of nitrogens with zero attached hydrogens (tertiary/aromatic N) is 1. The standard InChI is InChI=1S/C56H107N2O6P/c1-6-8-10-12-14-16-18-20-22-24-25-26-27-28-29-30-31-32-33-34-36-38-40-42-44-46-48-50-56(60)57-54(53-64-65(61,62)63-52-51-58(3,4)5)55(59)49-47-45-43-41-39-37-35-23-21-19-17-15-13-11-9-7-2/h8,10,14,16,20,22,25-26,54-55,59H,6-7,9,11-13,15,17-19,21,23-24,27-53H2,1-5H3,(H-,57,60,61,62)/p+1/b10-8-,16-14-,22-20-,26-25-. The number of phosphoric ester groups is 1. The van der Waals surface area contributed by atoms with Crippen molar-refractivity contribution in [2.75, 3.05) is 40.9 Å². The number of aliphatic hydroxyl groups is 1. The monoisotopic (exact) mass is 936 g/mol. The van der Waals surface area contributed by atoms with Crippen LogP contribution in [0.1, 0.15) is 251 Å². The van der Waals surface area contributed by atoms with Gasteiger partial charge < -0.3 is 19.8 Å². The van der Waals surface area contributed by atoms with Crippen LogP contribution in [0.2, 0.25) is 0 Å². The lowest BCUT2D eigenvalue weighted by molar-refractivity contribution is -0.870. The maximum absolute atomic E-state index is 13.0. The fourth-order valence-corrected chi connectivity index (χ4v) is 8.77. The average Bonchev–Trinajstić information content (AvgIpc) is 3.26. The van der Waals surface area contributed by atoms with E-state index in [2.05, 4.69) is 67.8 Å². The van der Waals surface area contributed by atoms with Gasteiger partial charge in [-0.15, -0.1) is 0 Å². The van der Waals surface area contributed by atoms with Gasteiger partial charge in [-0.1, -0.05) is 242 Å². The summed E-state index contributed by atoms with van der Waals surface area (Å²) in [7, 11) is 1.62. The molecule has 3 N–H and O–H groups in total. The van der Waals surface area contributed by atoms with Crippen molar-refractivity contribution < 1.29 is 32.9 Å². The van der Waals surface area contributed by atoms with Crippen LogP contribution in [0.15, 0.2) is 48.6 Å². The number of likely N-dealkylation sites (N-methyl/N-ethyl adjacent to an activating group) is 1. The first-order chi connectivity index (χ1) is 31.5. The summed E-state index contributed by atoms with van der Waals surface area (Å²) in [5.41, 5.74) is 0. The van der Waals surface area contributed by atoms with E-state index >= 15 is 0 Å². The Bertz CT molecular complexity index is 1200. The predicted octanol–water partition coefficient (Wildman–Crippen LogP) is 16.4. The van der Waals surface area contributed by atoms with E-state index in [1.54, 1.807) is 0 Å². The van der Waals surface area contributed by atoms with Gasteiger partial charge in [-0.25, -0.2) is 4.57 Å². The normalized spacial score (nSPS) is 14.4. The third-order valence-corrected chi connectivity index (χ3v) is 13.3. The van der Waals surface area contributed by atoms with Gasteiger partial charge in [0.1, 0.15) is 13.2 Å². The predicted molar refractivity (Wildman–Crippen MR) is 281 cm³/mol. The Kier molecular flexibility index (Phi) is 46.4. The number of hydrogen-bond donors (Lipinski definition) is 3. The van der Waals surface area contributed by atoms with Gasteiger partial charge in [0.15, 0.2) is 0 Å². The summed E-state index contributed by atoms with van der Waals surface area (Å²) in [6.45, 7) is 4.80. The van der Waals surface area contributed by atoms with Crippen LogP contribution < -0.4 is 5.32 Å². The van der Waals surface area contributed by atoms with Crippen molar-refractivity contribution in [3.8, 4) is 0 Å². The van der Waals surface area contributed by atoms with Crippen LogP contribution in [0.4, 0.5) is 0 Å². The fourth-order valence-electron chi connectivity index (χ4n) is 8.04. The molecule has 9 heteroatoms. The van der Waals surface area contributed by atoms with Crippen LogP contribution in [0.25, 0.3) is 0 Å². The summed E-state index contributed by atoms with van der Waals surface area (Å²) in [6, 6.07) is -0.761. The molecule has 0 aromatic heterocycles. The highest BCUT2D eigenvalue weighted by molar-refractivity contribution is 7.47. The Labute approximate surface area is 403 Å². The number of unbranched alkanes of at least 4 members (excludes halogenated alkanes) is 29. The highest BCUT2D eigenvalue weighted by Gasteiger charge is 2.28. The Morgan fingerprint density at radius 3 is 1.35 bits per heavy atom. The van der Waals surface area contributed by atoms with Gasteiger partial charge in [0.2, 0.25) is 5.91 Å².